The van der Waals surface area contributed by atoms with Gasteiger partial charge in [-0.3, -0.25) is 10.00 Å². The average Bonchev–Trinajstić information content (AvgIpc) is 2.98. The molecule has 1 atom stereocenters. The highest BCUT2D eigenvalue weighted by Gasteiger charge is 2.45. The first-order valence-electron chi connectivity index (χ1n) is 5.29. The van der Waals surface area contributed by atoms with Gasteiger partial charge in [0.2, 0.25) is 0 Å². The third-order valence-electron chi connectivity index (χ3n) is 2.84. The van der Waals surface area contributed by atoms with E-state index in [1.165, 1.54) is 6.33 Å². The van der Waals surface area contributed by atoms with E-state index in [1.54, 1.807) is 11.0 Å². The molecule has 1 aromatic heterocycles. The summed E-state index contributed by atoms with van der Waals surface area (Å²) in [4.78, 5) is 3.90. The molecule has 5 heteroatoms. The van der Waals surface area contributed by atoms with Crippen molar-refractivity contribution in [2.24, 2.45) is 5.92 Å². The van der Waals surface area contributed by atoms with Crippen LogP contribution in [0, 0.1) is 17.2 Å². The van der Waals surface area contributed by atoms with Gasteiger partial charge in [0, 0.05) is 0 Å². The second-order valence-electron chi connectivity index (χ2n) is 3.98. The summed E-state index contributed by atoms with van der Waals surface area (Å²) in [5.74, 6) is 0.464. The minimum atomic E-state index is -0.456. The van der Waals surface area contributed by atoms with Crippen LogP contribution in [0.5, 0.6) is 0 Å². The molecule has 0 amide bonds. The topological polar surface area (TPSA) is 66.5 Å². The lowest BCUT2D eigenvalue weighted by molar-refractivity contribution is 0.311. The SMILES string of the molecule is CCNC(C#N)(Cn1cncn1)C1CC1. The zero-order valence-electron chi connectivity index (χ0n) is 8.85. The molecular weight excluding hydrogens is 190 g/mol. The van der Waals surface area contributed by atoms with Gasteiger partial charge in [-0.2, -0.15) is 10.4 Å². The van der Waals surface area contributed by atoms with Gasteiger partial charge in [0.15, 0.2) is 0 Å². The molecule has 1 saturated carbocycles. The van der Waals surface area contributed by atoms with Gasteiger partial charge < -0.3 is 0 Å². The minimum absolute atomic E-state index is 0.456. The van der Waals surface area contributed by atoms with Gasteiger partial charge in [-0.15, -0.1) is 0 Å². The first-order chi connectivity index (χ1) is 7.30. The lowest BCUT2D eigenvalue weighted by atomic mass is 9.95. The molecule has 1 aliphatic rings. The van der Waals surface area contributed by atoms with Crippen molar-refractivity contribution in [1.29, 1.82) is 5.26 Å². The summed E-state index contributed by atoms with van der Waals surface area (Å²) in [6, 6.07) is 2.42. The number of nitrogens with zero attached hydrogens (tertiary/aromatic N) is 4. The highest BCUT2D eigenvalue weighted by atomic mass is 15.3. The summed E-state index contributed by atoms with van der Waals surface area (Å²) in [6.07, 6.45) is 5.43. The van der Waals surface area contributed by atoms with Gasteiger partial charge in [0.25, 0.3) is 0 Å². The zero-order valence-corrected chi connectivity index (χ0v) is 8.85. The number of nitrogens with one attached hydrogen (secondary N) is 1. The van der Waals surface area contributed by atoms with E-state index in [0.717, 1.165) is 19.4 Å². The van der Waals surface area contributed by atoms with E-state index < -0.39 is 5.54 Å². The van der Waals surface area contributed by atoms with E-state index >= 15 is 0 Å². The highest BCUT2D eigenvalue weighted by molar-refractivity contribution is 5.14. The minimum Gasteiger partial charge on any atom is -0.298 e. The molecule has 1 heterocycles. The third kappa shape index (κ3) is 2.00. The first-order valence-corrected chi connectivity index (χ1v) is 5.29. The standard InChI is InChI=1S/C10H15N5/c1-2-13-10(5-11,9-3-4-9)6-15-8-12-7-14-15/h7-9,13H,2-4,6H2,1H3. The number of aromatic nitrogens is 3. The van der Waals surface area contributed by atoms with Crippen LogP contribution in [0.25, 0.3) is 0 Å². The molecule has 0 aromatic carbocycles. The molecule has 1 aromatic rings. The van der Waals surface area contributed by atoms with Gasteiger partial charge in [0.05, 0.1) is 12.6 Å². The van der Waals surface area contributed by atoms with E-state index in [9.17, 15) is 5.26 Å². The summed E-state index contributed by atoms with van der Waals surface area (Å²) in [5.41, 5.74) is -0.456. The smallest absolute Gasteiger partial charge is 0.137 e. The summed E-state index contributed by atoms with van der Waals surface area (Å²) in [5, 5.41) is 16.7. The first kappa shape index (κ1) is 10.1. The molecule has 5 nitrogen and oxygen atoms in total. The number of rotatable bonds is 5. The second kappa shape index (κ2) is 3.99. The zero-order chi connectivity index (χ0) is 10.7. The fourth-order valence-corrected chi connectivity index (χ4v) is 1.96. The van der Waals surface area contributed by atoms with Crippen molar-refractivity contribution in [3.63, 3.8) is 0 Å². The molecule has 1 fully saturated rings. The van der Waals surface area contributed by atoms with Crippen LogP contribution in [-0.2, 0) is 6.54 Å². The summed E-state index contributed by atoms with van der Waals surface area (Å²) < 4.78 is 1.73. The molecule has 0 bridgehead atoms. The number of nitriles is 1. The normalized spacial score (nSPS) is 19.5. The van der Waals surface area contributed by atoms with Crippen LogP contribution in [0.1, 0.15) is 19.8 Å². The lowest BCUT2D eigenvalue weighted by Gasteiger charge is -2.27. The lowest BCUT2D eigenvalue weighted by Crippen LogP contribution is -2.49. The van der Waals surface area contributed by atoms with Crippen LogP contribution >= 0.6 is 0 Å². The molecule has 1 unspecified atom stereocenters. The molecule has 1 N–H and O–H groups in total. The Hall–Kier alpha value is -1.41. The van der Waals surface area contributed by atoms with Gasteiger partial charge in [-0.05, 0) is 25.3 Å². The maximum Gasteiger partial charge on any atom is 0.137 e. The number of likely N-dealkylation sites (N-methyl/N-ethyl adjacent to an activating group) is 1. The number of hydrogen-bond acceptors (Lipinski definition) is 4. The Labute approximate surface area is 89.1 Å². The van der Waals surface area contributed by atoms with Crippen molar-refractivity contribution in [3.05, 3.63) is 12.7 Å². The summed E-state index contributed by atoms with van der Waals surface area (Å²) in [7, 11) is 0. The molecule has 0 aliphatic heterocycles. The van der Waals surface area contributed by atoms with Crippen LogP contribution in [-0.4, -0.2) is 26.8 Å². The Bertz CT molecular complexity index is 348. The molecule has 80 valence electrons. The van der Waals surface area contributed by atoms with Gasteiger partial charge in [-0.1, -0.05) is 6.92 Å². The maximum absolute atomic E-state index is 9.34. The summed E-state index contributed by atoms with van der Waals surface area (Å²) >= 11 is 0. The van der Waals surface area contributed by atoms with Crippen molar-refractivity contribution in [3.8, 4) is 6.07 Å². The van der Waals surface area contributed by atoms with Gasteiger partial charge in [-0.25, -0.2) is 4.98 Å². The van der Waals surface area contributed by atoms with Crippen molar-refractivity contribution < 1.29 is 0 Å². The van der Waals surface area contributed by atoms with Crippen molar-refractivity contribution in [1.82, 2.24) is 20.1 Å². The van der Waals surface area contributed by atoms with E-state index in [0.29, 0.717) is 12.5 Å². The van der Waals surface area contributed by atoms with Crippen molar-refractivity contribution in [2.75, 3.05) is 6.54 Å². The largest absolute Gasteiger partial charge is 0.298 e. The molecule has 0 spiro atoms. The molecule has 0 radical (unpaired) electrons. The average molecular weight is 205 g/mol. The maximum atomic E-state index is 9.34. The van der Waals surface area contributed by atoms with Crippen LogP contribution in [0.15, 0.2) is 12.7 Å². The molecule has 2 rings (SSSR count). The quantitative estimate of drug-likeness (QED) is 0.762. The number of hydrogen-bond donors (Lipinski definition) is 1. The molecule has 1 aliphatic carbocycles. The molecular formula is C10H15N5. The van der Waals surface area contributed by atoms with E-state index in [4.69, 9.17) is 0 Å². The fourth-order valence-electron chi connectivity index (χ4n) is 1.96. The predicted molar refractivity (Wildman–Crippen MR) is 54.8 cm³/mol. The molecule has 0 saturated heterocycles. The molecule has 15 heavy (non-hydrogen) atoms. The van der Waals surface area contributed by atoms with Gasteiger partial charge >= 0.3 is 0 Å². The van der Waals surface area contributed by atoms with Crippen molar-refractivity contribution in [2.45, 2.75) is 31.8 Å². The van der Waals surface area contributed by atoms with Crippen LogP contribution < -0.4 is 5.32 Å². The van der Waals surface area contributed by atoms with Gasteiger partial charge in [0.1, 0.15) is 18.2 Å². The Balaban J connectivity index is 2.14. The van der Waals surface area contributed by atoms with Crippen LogP contribution in [0.3, 0.4) is 0 Å². The fraction of sp³-hybridized carbons (Fsp3) is 0.700. The van der Waals surface area contributed by atoms with E-state index in [1.807, 2.05) is 6.92 Å². The predicted octanol–water partition coefficient (Wildman–Crippen LogP) is 0.560. The third-order valence-corrected chi connectivity index (χ3v) is 2.84. The second-order valence-corrected chi connectivity index (χ2v) is 3.98. The van der Waals surface area contributed by atoms with E-state index in [-0.39, 0.29) is 0 Å². The van der Waals surface area contributed by atoms with Crippen LogP contribution in [0.4, 0.5) is 0 Å². The van der Waals surface area contributed by atoms with Crippen molar-refractivity contribution >= 4 is 0 Å². The Kier molecular flexibility index (Phi) is 2.69. The summed E-state index contributed by atoms with van der Waals surface area (Å²) in [6.45, 7) is 3.41. The van der Waals surface area contributed by atoms with Crippen LogP contribution in [0.2, 0.25) is 0 Å². The van der Waals surface area contributed by atoms with E-state index in [2.05, 4.69) is 21.5 Å². The Morgan fingerprint density at radius 2 is 2.47 bits per heavy atom. The monoisotopic (exact) mass is 205 g/mol. The Morgan fingerprint density at radius 3 is 2.93 bits per heavy atom. The highest BCUT2D eigenvalue weighted by Crippen LogP contribution is 2.40. The Morgan fingerprint density at radius 1 is 1.67 bits per heavy atom.